The fourth-order valence-electron chi connectivity index (χ4n) is 2.75. The van der Waals surface area contributed by atoms with Crippen LogP contribution in [0.4, 0.5) is 0 Å². The highest BCUT2D eigenvalue weighted by Gasteiger charge is 2.29. The summed E-state index contributed by atoms with van der Waals surface area (Å²) < 4.78 is 5.63. The molecule has 0 aliphatic carbocycles. The van der Waals surface area contributed by atoms with Crippen molar-refractivity contribution in [3.63, 3.8) is 0 Å². The van der Waals surface area contributed by atoms with Crippen LogP contribution >= 0.6 is 11.3 Å². The number of hydrogen-bond acceptors (Lipinski definition) is 4. The minimum Gasteiger partial charge on any atom is -0.484 e. The molecule has 4 nitrogen and oxygen atoms in total. The lowest BCUT2D eigenvalue weighted by Crippen LogP contribution is -2.41. The fourth-order valence-corrected chi connectivity index (χ4v) is 3.53. The van der Waals surface area contributed by atoms with Gasteiger partial charge in [-0.1, -0.05) is 17.7 Å². The van der Waals surface area contributed by atoms with Gasteiger partial charge in [-0.05, 0) is 38.3 Å². The quantitative estimate of drug-likeness (QED) is 0.866. The number of rotatable bonds is 4. The minimum atomic E-state index is 0.0421. The molecule has 1 aliphatic rings. The van der Waals surface area contributed by atoms with Crippen molar-refractivity contribution < 1.29 is 9.53 Å². The normalized spacial score (nSPS) is 18.2. The van der Waals surface area contributed by atoms with Crippen LogP contribution in [0.2, 0.25) is 0 Å². The minimum absolute atomic E-state index is 0.0421. The summed E-state index contributed by atoms with van der Waals surface area (Å²) in [5.74, 6) is 0.780. The Kier molecular flexibility index (Phi) is 4.73. The van der Waals surface area contributed by atoms with Crippen molar-refractivity contribution in [1.82, 2.24) is 9.88 Å². The number of aryl methyl sites for hydroxylation is 1. The Labute approximate surface area is 134 Å². The molecular formula is C17H20N2O2S. The number of aromatic nitrogens is 1. The molecule has 1 fully saturated rings. The first-order valence-electron chi connectivity index (χ1n) is 7.62. The number of carbonyl (C=O) groups excluding carboxylic acids is 1. The van der Waals surface area contributed by atoms with E-state index >= 15 is 0 Å². The van der Waals surface area contributed by atoms with Gasteiger partial charge in [0.15, 0.2) is 6.61 Å². The standard InChI is InChI=1S/C17H20N2O2S/c1-13-5-7-14(8-6-13)21-12-16(20)19-10-3-2-4-15(19)17-18-9-11-22-17/h5-9,11,15H,2-4,10,12H2,1H3/t15-/m1/s1. The topological polar surface area (TPSA) is 42.4 Å². The van der Waals surface area contributed by atoms with E-state index in [0.29, 0.717) is 0 Å². The van der Waals surface area contributed by atoms with Crippen LogP contribution in [0.3, 0.4) is 0 Å². The second kappa shape index (κ2) is 6.92. The molecule has 0 saturated carbocycles. The van der Waals surface area contributed by atoms with Crippen LogP contribution in [0.5, 0.6) is 5.75 Å². The van der Waals surface area contributed by atoms with Gasteiger partial charge < -0.3 is 9.64 Å². The maximum Gasteiger partial charge on any atom is 0.261 e. The molecule has 22 heavy (non-hydrogen) atoms. The monoisotopic (exact) mass is 316 g/mol. The molecule has 1 aliphatic heterocycles. The zero-order chi connectivity index (χ0) is 15.4. The van der Waals surface area contributed by atoms with Crippen molar-refractivity contribution in [1.29, 1.82) is 0 Å². The van der Waals surface area contributed by atoms with Crippen LogP contribution in [0.25, 0.3) is 0 Å². The SMILES string of the molecule is Cc1ccc(OCC(=O)N2CCCC[C@@H]2c2nccs2)cc1. The first-order chi connectivity index (χ1) is 10.7. The number of amides is 1. The van der Waals surface area contributed by atoms with Gasteiger partial charge in [0.25, 0.3) is 5.91 Å². The third kappa shape index (κ3) is 3.47. The maximum atomic E-state index is 12.5. The predicted octanol–water partition coefficient (Wildman–Crippen LogP) is 3.58. The maximum absolute atomic E-state index is 12.5. The van der Waals surface area contributed by atoms with E-state index in [1.165, 1.54) is 5.56 Å². The van der Waals surface area contributed by atoms with Gasteiger partial charge in [0.2, 0.25) is 0 Å². The summed E-state index contributed by atoms with van der Waals surface area (Å²) >= 11 is 1.62. The van der Waals surface area contributed by atoms with Crippen molar-refractivity contribution in [3.8, 4) is 5.75 Å². The Morgan fingerprint density at radius 1 is 1.36 bits per heavy atom. The first-order valence-corrected chi connectivity index (χ1v) is 8.50. The number of likely N-dealkylation sites (tertiary alicyclic amines) is 1. The average Bonchev–Trinajstić information content (AvgIpc) is 3.08. The van der Waals surface area contributed by atoms with Gasteiger partial charge >= 0.3 is 0 Å². The van der Waals surface area contributed by atoms with Crippen LogP contribution in [0.1, 0.15) is 35.9 Å². The van der Waals surface area contributed by atoms with Gasteiger partial charge in [0.1, 0.15) is 10.8 Å². The first kappa shape index (κ1) is 15.0. The second-order valence-electron chi connectivity index (χ2n) is 5.57. The van der Waals surface area contributed by atoms with Gasteiger partial charge in [-0.15, -0.1) is 11.3 Å². The number of piperidine rings is 1. The molecule has 0 unspecified atom stereocenters. The van der Waals surface area contributed by atoms with Crippen LogP contribution < -0.4 is 4.74 Å². The van der Waals surface area contributed by atoms with Crippen molar-refractivity contribution in [3.05, 3.63) is 46.4 Å². The van der Waals surface area contributed by atoms with E-state index in [9.17, 15) is 4.79 Å². The number of benzene rings is 1. The molecule has 1 saturated heterocycles. The largest absolute Gasteiger partial charge is 0.484 e. The Hall–Kier alpha value is -1.88. The summed E-state index contributed by atoms with van der Waals surface area (Å²) in [4.78, 5) is 18.8. The average molecular weight is 316 g/mol. The molecule has 1 aromatic carbocycles. The molecule has 116 valence electrons. The van der Waals surface area contributed by atoms with Gasteiger partial charge in [0.05, 0.1) is 6.04 Å². The molecular weight excluding hydrogens is 296 g/mol. The summed E-state index contributed by atoms with van der Waals surface area (Å²) in [6, 6.07) is 7.88. The molecule has 0 bridgehead atoms. The molecule has 0 N–H and O–H groups in total. The number of ether oxygens (including phenoxy) is 1. The Balaban J connectivity index is 1.63. The lowest BCUT2D eigenvalue weighted by Gasteiger charge is -2.34. The van der Waals surface area contributed by atoms with Crippen LogP contribution in [-0.4, -0.2) is 28.9 Å². The zero-order valence-corrected chi connectivity index (χ0v) is 13.5. The Bertz CT molecular complexity index is 610. The second-order valence-corrected chi connectivity index (χ2v) is 6.50. The van der Waals surface area contributed by atoms with E-state index in [0.717, 1.165) is 36.6 Å². The summed E-state index contributed by atoms with van der Waals surface area (Å²) in [5, 5.41) is 3.00. The highest BCUT2D eigenvalue weighted by Crippen LogP contribution is 2.32. The van der Waals surface area contributed by atoms with Gasteiger partial charge in [-0.2, -0.15) is 0 Å². The summed E-state index contributed by atoms with van der Waals surface area (Å²) in [6.45, 7) is 2.91. The summed E-state index contributed by atoms with van der Waals surface area (Å²) in [5.41, 5.74) is 1.18. The van der Waals surface area contributed by atoms with Crippen molar-refractivity contribution in [2.45, 2.75) is 32.2 Å². The smallest absolute Gasteiger partial charge is 0.261 e. The van der Waals surface area contributed by atoms with E-state index in [2.05, 4.69) is 4.98 Å². The molecule has 1 amide bonds. The van der Waals surface area contributed by atoms with E-state index < -0.39 is 0 Å². The highest BCUT2D eigenvalue weighted by molar-refractivity contribution is 7.09. The molecule has 0 spiro atoms. The third-order valence-corrected chi connectivity index (χ3v) is 4.82. The number of nitrogens with zero attached hydrogens (tertiary/aromatic N) is 2. The number of hydrogen-bond donors (Lipinski definition) is 0. The van der Waals surface area contributed by atoms with Crippen LogP contribution in [0, 0.1) is 6.92 Å². The number of thiazole rings is 1. The molecule has 1 aromatic heterocycles. The summed E-state index contributed by atoms with van der Waals surface area (Å²) in [6.07, 6.45) is 4.99. The Morgan fingerprint density at radius 2 is 2.18 bits per heavy atom. The third-order valence-electron chi connectivity index (χ3n) is 3.94. The number of carbonyl (C=O) groups is 1. The lowest BCUT2D eigenvalue weighted by atomic mass is 10.0. The fraction of sp³-hybridized carbons (Fsp3) is 0.412. The molecule has 5 heteroatoms. The van der Waals surface area contributed by atoms with Gasteiger partial charge in [-0.3, -0.25) is 4.79 Å². The van der Waals surface area contributed by atoms with E-state index in [1.807, 2.05) is 41.5 Å². The van der Waals surface area contributed by atoms with E-state index in [4.69, 9.17) is 4.74 Å². The molecule has 0 radical (unpaired) electrons. The van der Waals surface area contributed by atoms with E-state index in [1.54, 1.807) is 17.5 Å². The lowest BCUT2D eigenvalue weighted by molar-refractivity contribution is -0.137. The Morgan fingerprint density at radius 3 is 2.91 bits per heavy atom. The molecule has 3 rings (SSSR count). The predicted molar refractivity (Wildman–Crippen MR) is 87.1 cm³/mol. The molecule has 2 heterocycles. The van der Waals surface area contributed by atoms with Gasteiger partial charge in [0, 0.05) is 18.1 Å². The molecule has 2 aromatic rings. The van der Waals surface area contributed by atoms with E-state index in [-0.39, 0.29) is 18.6 Å². The zero-order valence-electron chi connectivity index (χ0n) is 12.7. The van der Waals surface area contributed by atoms with Crippen molar-refractivity contribution in [2.24, 2.45) is 0 Å². The van der Waals surface area contributed by atoms with Crippen LogP contribution in [0.15, 0.2) is 35.8 Å². The van der Waals surface area contributed by atoms with Crippen molar-refractivity contribution in [2.75, 3.05) is 13.2 Å². The van der Waals surface area contributed by atoms with Crippen LogP contribution in [-0.2, 0) is 4.79 Å². The summed E-state index contributed by atoms with van der Waals surface area (Å²) in [7, 11) is 0. The van der Waals surface area contributed by atoms with Crippen molar-refractivity contribution >= 4 is 17.2 Å². The highest BCUT2D eigenvalue weighted by atomic mass is 32.1. The molecule has 1 atom stereocenters. The van der Waals surface area contributed by atoms with Gasteiger partial charge in [-0.25, -0.2) is 4.98 Å².